The van der Waals surface area contributed by atoms with Crippen LogP contribution in [0.1, 0.15) is 25.3 Å². The van der Waals surface area contributed by atoms with E-state index in [1.54, 1.807) is 0 Å². The van der Waals surface area contributed by atoms with Crippen molar-refractivity contribution in [3.8, 4) is 0 Å². The van der Waals surface area contributed by atoms with Gasteiger partial charge < -0.3 is 10.6 Å². The average Bonchev–Trinajstić information content (AvgIpc) is 2.84. The Balaban J connectivity index is 2.04. The smallest absolute Gasteiger partial charge is 0.226 e. The first-order chi connectivity index (χ1) is 9.11. The molecule has 1 aromatic carbocycles. The molecule has 2 N–H and O–H groups in total. The molecule has 1 aromatic rings. The molecule has 0 spiro atoms. The van der Waals surface area contributed by atoms with E-state index < -0.39 is 0 Å². The number of benzene rings is 1. The predicted octanol–water partition coefficient (Wildman–Crippen LogP) is 2.58. The zero-order valence-corrected chi connectivity index (χ0v) is 12.9. The van der Waals surface area contributed by atoms with E-state index in [9.17, 15) is 4.79 Å². The second-order valence-electron chi connectivity index (χ2n) is 5.23. The topological polar surface area (TPSA) is 46.3 Å². The van der Waals surface area contributed by atoms with Crippen LogP contribution in [0.25, 0.3) is 0 Å². The SMILES string of the molecule is CC[C@H](Cc1ccccc1Br)C(=O)N1CC[C@H](N)C1. The molecule has 0 aromatic heterocycles. The largest absolute Gasteiger partial charge is 0.341 e. The highest BCUT2D eigenvalue weighted by molar-refractivity contribution is 9.10. The minimum atomic E-state index is 0.0593. The van der Waals surface area contributed by atoms with Gasteiger partial charge in [0, 0.05) is 29.5 Å². The Hall–Kier alpha value is -0.870. The fraction of sp³-hybridized carbons (Fsp3) is 0.533. The molecule has 4 heteroatoms. The van der Waals surface area contributed by atoms with Crippen LogP contribution in [-0.2, 0) is 11.2 Å². The lowest BCUT2D eigenvalue weighted by molar-refractivity contribution is -0.134. The highest BCUT2D eigenvalue weighted by Gasteiger charge is 2.28. The number of carbonyl (C=O) groups is 1. The number of hydrogen-bond acceptors (Lipinski definition) is 2. The molecule has 2 rings (SSSR count). The van der Waals surface area contributed by atoms with Gasteiger partial charge in [0.25, 0.3) is 0 Å². The molecule has 104 valence electrons. The second-order valence-corrected chi connectivity index (χ2v) is 6.09. The van der Waals surface area contributed by atoms with Gasteiger partial charge in [-0.25, -0.2) is 0 Å². The molecular formula is C15H21BrN2O. The number of likely N-dealkylation sites (tertiary alicyclic amines) is 1. The summed E-state index contributed by atoms with van der Waals surface area (Å²) in [6.07, 6.45) is 2.59. The Morgan fingerprint density at radius 2 is 2.26 bits per heavy atom. The van der Waals surface area contributed by atoms with Crippen LogP contribution in [0.5, 0.6) is 0 Å². The molecule has 0 saturated carbocycles. The van der Waals surface area contributed by atoms with Crippen LogP contribution >= 0.6 is 15.9 Å². The summed E-state index contributed by atoms with van der Waals surface area (Å²) in [5, 5.41) is 0. The van der Waals surface area contributed by atoms with Crippen molar-refractivity contribution in [2.24, 2.45) is 11.7 Å². The highest BCUT2D eigenvalue weighted by Crippen LogP contribution is 2.23. The Morgan fingerprint density at radius 3 is 2.84 bits per heavy atom. The predicted molar refractivity (Wildman–Crippen MR) is 80.8 cm³/mol. The average molecular weight is 325 g/mol. The first kappa shape index (κ1) is 14.5. The summed E-state index contributed by atoms with van der Waals surface area (Å²) >= 11 is 3.55. The van der Waals surface area contributed by atoms with Crippen molar-refractivity contribution in [1.29, 1.82) is 0 Å². The van der Waals surface area contributed by atoms with Crippen LogP contribution in [-0.4, -0.2) is 29.9 Å². The molecule has 0 radical (unpaired) electrons. The third kappa shape index (κ3) is 3.57. The van der Waals surface area contributed by atoms with E-state index in [0.717, 1.165) is 30.3 Å². The van der Waals surface area contributed by atoms with Crippen LogP contribution in [0.4, 0.5) is 0 Å². The summed E-state index contributed by atoms with van der Waals surface area (Å²) in [7, 11) is 0. The number of carbonyl (C=O) groups excluding carboxylic acids is 1. The third-order valence-corrected chi connectivity index (χ3v) is 4.58. The van der Waals surface area contributed by atoms with Gasteiger partial charge in [0.2, 0.25) is 5.91 Å². The quantitative estimate of drug-likeness (QED) is 0.925. The van der Waals surface area contributed by atoms with Gasteiger partial charge >= 0.3 is 0 Å². The maximum absolute atomic E-state index is 12.5. The van der Waals surface area contributed by atoms with E-state index in [0.29, 0.717) is 6.54 Å². The minimum absolute atomic E-state index is 0.0593. The van der Waals surface area contributed by atoms with Gasteiger partial charge in [-0.1, -0.05) is 41.1 Å². The van der Waals surface area contributed by atoms with Crippen LogP contribution in [0, 0.1) is 5.92 Å². The monoisotopic (exact) mass is 324 g/mol. The summed E-state index contributed by atoms with van der Waals surface area (Å²) < 4.78 is 1.08. The van der Waals surface area contributed by atoms with Gasteiger partial charge in [0.1, 0.15) is 0 Å². The lowest BCUT2D eigenvalue weighted by Gasteiger charge is -2.23. The molecular weight excluding hydrogens is 304 g/mol. The summed E-state index contributed by atoms with van der Waals surface area (Å²) in [5.41, 5.74) is 7.08. The Labute approximate surface area is 123 Å². The Bertz CT molecular complexity index is 450. The van der Waals surface area contributed by atoms with Gasteiger partial charge in [-0.05, 0) is 30.9 Å². The van der Waals surface area contributed by atoms with Crippen molar-refractivity contribution < 1.29 is 4.79 Å². The second kappa shape index (κ2) is 6.53. The van der Waals surface area contributed by atoms with Crippen molar-refractivity contribution in [1.82, 2.24) is 4.90 Å². The molecule has 2 atom stereocenters. The number of halogens is 1. The fourth-order valence-corrected chi connectivity index (χ4v) is 3.03. The standard InChI is InChI=1S/C15H21BrN2O/c1-2-11(9-12-5-3-4-6-14(12)16)15(19)18-8-7-13(17)10-18/h3-6,11,13H,2,7-10,17H2,1H3/t11-,13+/m1/s1. The fourth-order valence-electron chi connectivity index (χ4n) is 2.58. The molecule has 0 unspecified atom stereocenters. The van der Waals surface area contributed by atoms with E-state index in [4.69, 9.17) is 5.73 Å². The zero-order valence-electron chi connectivity index (χ0n) is 11.3. The number of amides is 1. The van der Waals surface area contributed by atoms with Crippen molar-refractivity contribution in [3.05, 3.63) is 34.3 Å². The van der Waals surface area contributed by atoms with Crippen molar-refractivity contribution in [2.75, 3.05) is 13.1 Å². The Kier molecular flexibility index (Phi) is 4.99. The van der Waals surface area contributed by atoms with Crippen molar-refractivity contribution in [2.45, 2.75) is 32.2 Å². The number of hydrogen-bond donors (Lipinski definition) is 1. The van der Waals surface area contributed by atoms with Gasteiger partial charge in [0.15, 0.2) is 0 Å². The molecule has 19 heavy (non-hydrogen) atoms. The minimum Gasteiger partial charge on any atom is -0.341 e. The number of nitrogens with zero attached hydrogens (tertiary/aromatic N) is 1. The molecule has 1 saturated heterocycles. The van der Waals surface area contributed by atoms with E-state index in [2.05, 4.69) is 28.9 Å². The molecule has 1 aliphatic heterocycles. The van der Waals surface area contributed by atoms with E-state index in [-0.39, 0.29) is 17.9 Å². The lowest BCUT2D eigenvalue weighted by Crippen LogP contribution is -2.37. The third-order valence-electron chi connectivity index (χ3n) is 3.80. The summed E-state index contributed by atoms with van der Waals surface area (Å²) in [6, 6.07) is 8.28. The van der Waals surface area contributed by atoms with Crippen molar-refractivity contribution in [3.63, 3.8) is 0 Å². The summed E-state index contributed by atoms with van der Waals surface area (Å²) in [6.45, 7) is 3.60. The maximum atomic E-state index is 12.5. The molecule has 1 aliphatic rings. The van der Waals surface area contributed by atoms with E-state index in [1.807, 2.05) is 23.1 Å². The van der Waals surface area contributed by atoms with Crippen LogP contribution in [0.3, 0.4) is 0 Å². The Morgan fingerprint density at radius 1 is 1.53 bits per heavy atom. The lowest BCUT2D eigenvalue weighted by atomic mass is 9.95. The number of rotatable bonds is 4. The molecule has 0 aliphatic carbocycles. The normalized spacial score (nSPS) is 20.6. The highest BCUT2D eigenvalue weighted by atomic mass is 79.9. The van der Waals surface area contributed by atoms with Crippen LogP contribution in [0.2, 0.25) is 0 Å². The number of nitrogens with two attached hydrogens (primary N) is 1. The van der Waals surface area contributed by atoms with Gasteiger partial charge in [-0.15, -0.1) is 0 Å². The zero-order chi connectivity index (χ0) is 13.8. The molecule has 1 amide bonds. The molecule has 1 fully saturated rings. The first-order valence-corrected chi connectivity index (χ1v) is 7.69. The van der Waals surface area contributed by atoms with Gasteiger partial charge in [-0.2, -0.15) is 0 Å². The first-order valence-electron chi connectivity index (χ1n) is 6.89. The van der Waals surface area contributed by atoms with E-state index in [1.165, 1.54) is 5.56 Å². The van der Waals surface area contributed by atoms with Crippen molar-refractivity contribution >= 4 is 21.8 Å². The van der Waals surface area contributed by atoms with E-state index >= 15 is 0 Å². The molecule has 1 heterocycles. The summed E-state index contributed by atoms with van der Waals surface area (Å²) in [4.78, 5) is 14.4. The van der Waals surface area contributed by atoms with Gasteiger partial charge in [0.05, 0.1) is 0 Å². The molecule has 3 nitrogen and oxygen atoms in total. The van der Waals surface area contributed by atoms with Crippen LogP contribution in [0.15, 0.2) is 28.7 Å². The summed E-state index contributed by atoms with van der Waals surface area (Å²) in [5.74, 6) is 0.315. The van der Waals surface area contributed by atoms with Gasteiger partial charge in [-0.3, -0.25) is 4.79 Å². The van der Waals surface area contributed by atoms with Crippen LogP contribution < -0.4 is 5.73 Å². The maximum Gasteiger partial charge on any atom is 0.226 e. The molecule has 0 bridgehead atoms.